The Labute approximate surface area is 370 Å². The number of rotatable bonds is 10. The maximum atomic E-state index is 6.58. The first-order valence-corrected chi connectivity index (χ1v) is 22.0. The lowest BCUT2D eigenvalue weighted by atomic mass is 9.89. The molecule has 2 heterocycles. The Morgan fingerprint density at radius 3 is 1.37 bits per heavy atom. The van der Waals surface area contributed by atoms with E-state index in [1.54, 1.807) is 40.6 Å². The molecule has 8 atom stereocenters. The molecule has 0 aliphatic heterocycles. The van der Waals surface area contributed by atoms with Crippen LogP contribution in [-0.2, 0) is 12.8 Å². The fourth-order valence-electron chi connectivity index (χ4n) is 10.1. The second-order valence-electron chi connectivity index (χ2n) is 16.9. The topological polar surface area (TPSA) is 114 Å². The quantitative estimate of drug-likeness (QED) is 0.144. The Hall–Kier alpha value is -4.12. The molecule has 0 saturated heterocycles. The van der Waals surface area contributed by atoms with Crippen LogP contribution in [0.1, 0.15) is 44.3 Å². The molecule has 2 N–H and O–H groups in total. The summed E-state index contributed by atoms with van der Waals surface area (Å²) in [7, 11) is 6.27. The first-order valence-electron chi connectivity index (χ1n) is 20.5. The van der Waals surface area contributed by atoms with Gasteiger partial charge in [0.15, 0.2) is 0 Å². The number of hydrogen-bond acceptors (Lipinski definition) is 9. The van der Waals surface area contributed by atoms with Crippen molar-refractivity contribution >= 4 is 68.2 Å². The molecule has 4 aromatic carbocycles. The third kappa shape index (κ3) is 7.70. The van der Waals surface area contributed by atoms with Crippen molar-refractivity contribution in [1.82, 2.24) is 19.9 Å². The first-order chi connectivity index (χ1) is 29.0. The molecule has 0 radical (unpaired) electrons. The van der Waals surface area contributed by atoms with E-state index < -0.39 is 0 Å². The number of benzene rings is 4. The molecule has 4 fully saturated rings. The van der Waals surface area contributed by atoms with Gasteiger partial charge in [0.2, 0.25) is 0 Å². The number of hydrogen-bond donors (Lipinski definition) is 1. The highest BCUT2D eigenvalue weighted by Crippen LogP contribution is 2.59. The Kier molecular flexibility index (Phi) is 11.4. The van der Waals surface area contributed by atoms with Gasteiger partial charge >= 0.3 is 0 Å². The van der Waals surface area contributed by atoms with Gasteiger partial charge in [-0.3, -0.25) is 0 Å². The van der Waals surface area contributed by atoms with Gasteiger partial charge in [0.1, 0.15) is 34.6 Å². The lowest BCUT2D eigenvalue weighted by molar-refractivity contribution is 0.354. The van der Waals surface area contributed by atoms with Crippen LogP contribution in [0.5, 0.6) is 23.0 Å². The number of ether oxygens (including phenoxy) is 4. The second-order valence-corrected chi connectivity index (χ2v) is 18.4. The molecule has 6 aromatic rings. The van der Waals surface area contributed by atoms with Gasteiger partial charge < -0.3 is 24.7 Å². The lowest BCUT2D eigenvalue weighted by Gasteiger charge is -2.18. The van der Waals surface area contributed by atoms with E-state index in [9.17, 15) is 0 Å². The monoisotopic (exact) mass is 885 g/mol. The van der Waals surface area contributed by atoms with E-state index in [1.165, 1.54) is 19.3 Å². The van der Waals surface area contributed by atoms with Gasteiger partial charge in [0.25, 0.3) is 0 Å². The third-order valence-electron chi connectivity index (χ3n) is 13.4. The van der Waals surface area contributed by atoms with Crippen molar-refractivity contribution in [2.24, 2.45) is 47.2 Å². The van der Waals surface area contributed by atoms with Gasteiger partial charge in [-0.2, -0.15) is 0 Å². The smallest absolute Gasteiger partial charge is 0.141 e. The zero-order valence-electron chi connectivity index (χ0n) is 34.1. The molecule has 0 spiro atoms. The van der Waals surface area contributed by atoms with Crippen LogP contribution in [0.2, 0.25) is 20.1 Å². The van der Waals surface area contributed by atoms with E-state index in [0.29, 0.717) is 60.1 Å². The van der Waals surface area contributed by atoms with E-state index in [2.05, 4.69) is 16.9 Å². The average Bonchev–Trinajstić information content (AvgIpc) is 4.15. The van der Waals surface area contributed by atoms with Gasteiger partial charge in [0, 0.05) is 65.3 Å². The van der Waals surface area contributed by atoms with Crippen molar-refractivity contribution < 1.29 is 18.9 Å². The summed E-state index contributed by atoms with van der Waals surface area (Å²) in [6.45, 7) is 2.38. The molecule has 0 unspecified atom stereocenters. The first kappa shape index (κ1) is 41.2. The number of nitrogens with two attached hydrogens (primary N) is 1. The lowest BCUT2D eigenvalue weighted by Crippen LogP contribution is -2.29. The molecule has 13 heteroatoms. The number of fused-ring (bicyclic) bond motifs is 4. The molecule has 4 saturated carbocycles. The van der Waals surface area contributed by atoms with E-state index in [-0.39, 0.29) is 6.04 Å². The average molecular weight is 888 g/mol. The molecule has 4 aliphatic rings. The second kappa shape index (κ2) is 16.6. The molecule has 2 aromatic heterocycles. The van der Waals surface area contributed by atoms with Crippen molar-refractivity contribution in [3.63, 3.8) is 0 Å². The van der Waals surface area contributed by atoms with E-state index in [4.69, 9.17) is 81.1 Å². The van der Waals surface area contributed by atoms with Crippen LogP contribution < -0.4 is 24.7 Å². The Morgan fingerprint density at radius 1 is 0.567 bits per heavy atom. The van der Waals surface area contributed by atoms with E-state index in [0.717, 1.165) is 99.4 Å². The summed E-state index contributed by atoms with van der Waals surface area (Å²) in [5.41, 5.74) is 11.2. The van der Waals surface area contributed by atoms with Crippen LogP contribution in [0.25, 0.3) is 44.1 Å². The highest BCUT2D eigenvalue weighted by atomic mass is 35.5. The summed E-state index contributed by atoms with van der Waals surface area (Å²) in [5, 5.41) is 3.66. The van der Waals surface area contributed by atoms with Gasteiger partial charge in [-0.05, 0) is 103 Å². The van der Waals surface area contributed by atoms with Gasteiger partial charge in [-0.15, -0.1) is 0 Å². The summed E-state index contributed by atoms with van der Waals surface area (Å²) in [5.74, 6) is 9.34. The number of halogens is 4. The molecule has 9 nitrogen and oxygen atoms in total. The Bertz CT molecular complexity index is 2390. The van der Waals surface area contributed by atoms with Crippen LogP contribution in [0.15, 0.2) is 60.9 Å². The largest absolute Gasteiger partial charge is 0.495 e. The van der Waals surface area contributed by atoms with E-state index >= 15 is 0 Å². The summed E-state index contributed by atoms with van der Waals surface area (Å²) in [6.07, 6.45) is 10.8. The van der Waals surface area contributed by atoms with Crippen LogP contribution in [0.4, 0.5) is 0 Å². The molecule has 312 valence electrons. The summed E-state index contributed by atoms with van der Waals surface area (Å²) < 4.78 is 21.6. The van der Waals surface area contributed by atoms with Crippen molar-refractivity contribution in [3.8, 4) is 45.3 Å². The molecular formula is C47H47Cl4N5O4. The van der Waals surface area contributed by atoms with Crippen LogP contribution in [-0.4, -0.2) is 54.4 Å². The number of aromatic nitrogens is 4. The molecular weight excluding hydrogens is 840 g/mol. The van der Waals surface area contributed by atoms with Crippen molar-refractivity contribution in [2.45, 2.75) is 51.5 Å². The van der Waals surface area contributed by atoms with Gasteiger partial charge in [-0.1, -0.05) is 65.5 Å². The molecule has 0 amide bonds. The number of nitrogens with zero attached hydrogens (tertiary/aromatic N) is 4. The highest BCUT2D eigenvalue weighted by Gasteiger charge is 2.52. The summed E-state index contributed by atoms with van der Waals surface area (Å²) in [6, 6.07) is 15.6. The third-order valence-corrected chi connectivity index (χ3v) is 14.9. The minimum atomic E-state index is 0.280. The van der Waals surface area contributed by atoms with Crippen molar-refractivity contribution in [1.29, 1.82) is 0 Å². The fraction of sp³-hybridized carbons (Fsp3) is 0.404. The maximum Gasteiger partial charge on any atom is 0.141 e. The molecule has 4 aliphatic carbocycles. The maximum absolute atomic E-state index is 6.58. The van der Waals surface area contributed by atoms with Crippen LogP contribution in [0.3, 0.4) is 0 Å². The molecule has 0 bridgehead atoms. The predicted molar refractivity (Wildman–Crippen MR) is 240 cm³/mol. The van der Waals surface area contributed by atoms with Crippen molar-refractivity contribution in [3.05, 3.63) is 92.7 Å². The summed E-state index contributed by atoms with van der Waals surface area (Å²) in [4.78, 5) is 18.9. The van der Waals surface area contributed by atoms with Crippen molar-refractivity contribution in [2.75, 3.05) is 28.4 Å². The number of methoxy groups -OCH3 is 4. The Balaban J connectivity index is 0.000000154. The predicted octanol–water partition coefficient (Wildman–Crippen LogP) is 11.6. The minimum absolute atomic E-state index is 0.280. The Morgan fingerprint density at radius 2 is 0.983 bits per heavy atom. The zero-order chi connectivity index (χ0) is 42.0. The fourth-order valence-corrected chi connectivity index (χ4v) is 11.5. The standard InChI is InChI=1S/C24H24Cl2N2O2.C23H23Cl2N3O2/c1-12-6-14-8-17(14)16(12)9-21-27-11-15-7-13(4-5-18(15)28-21)22-23(25)19(29-2)10-20(30-3)24(22)26;1-29-18-9-19(30-2)23(25)21(22(18)24)11-3-4-17-13(5-11)10-27-20(28-17)8-15-14-6-12(14)7-16(15)26/h4-5,7,10-12,14,16-17H,6,8-9H2,1-3H3;3-5,9-10,12,14-16H,6-8,26H2,1-2H3/t12-,14+,16-,17-;12-,14-,15+,16-/m00/s1. The minimum Gasteiger partial charge on any atom is -0.495 e. The SMILES string of the molecule is COc1cc(OC)c(Cl)c(-c2ccc3nc(C[C@@H]4[C@H]5C[C@H]5C[C@@H]4C)ncc3c2)c1Cl.COc1cc(OC)c(Cl)c(-c2ccc3nc(C[C@@H]4[C@H]5C[C@H]5C[C@@H]4N)ncc3c2)c1Cl. The van der Waals surface area contributed by atoms with Crippen LogP contribution in [0, 0.1) is 41.4 Å². The molecule has 10 rings (SSSR count). The van der Waals surface area contributed by atoms with Gasteiger partial charge in [0.05, 0.1) is 59.6 Å². The normalized spacial score (nSPS) is 24.7. The highest BCUT2D eigenvalue weighted by molar-refractivity contribution is 6.42. The molecule has 60 heavy (non-hydrogen) atoms. The van der Waals surface area contributed by atoms with E-state index in [1.807, 2.05) is 48.8 Å². The summed E-state index contributed by atoms with van der Waals surface area (Å²) >= 11 is 26.3. The van der Waals surface area contributed by atoms with Gasteiger partial charge in [-0.25, -0.2) is 19.9 Å². The van der Waals surface area contributed by atoms with Crippen LogP contribution >= 0.6 is 46.4 Å². The zero-order valence-corrected chi connectivity index (χ0v) is 37.2.